The fraction of sp³-hybridized carbons (Fsp3) is 0.414. The van der Waals surface area contributed by atoms with E-state index in [1.54, 1.807) is 5.56 Å². The molecule has 3 aromatic rings. The smallest absolute Gasteiger partial charge is 0.182 e. The Morgan fingerprint density at radius 1 is 1.03 bits per heavy atom. The minimum Gasteiger partial charge on any atom is -0.182 e. The van der Waals surface area contributed by atoms with Crippen molar-refractivity contribution < 1.29 is 4.57 Å². The number of hydrogen-bond donors (Lipinski definition) is 0. The van der Waals surface area contributed by atoms with Gasteiger partial charge in [0, 0.05) is 30.4 Å². The molecule has 1 unspecified atom stereocenters. The maximum Gasteiger partial charge on any atom is 0.214 e. The summed E-state index contributed by atoms with van der Waals surface area (Å²) >= 11 is 0. The molecule has 3 aliphatic rings. The van der Waals surface area contributed by atoms with Crippen LogP contribution < -0.4 is 4.57 Å². The number of nitrogens with zero attached hydrogens (tertiary/aromatic N) is 1. The number of pyridine rings is 1. The summed E-state index contributed by atoms with van der Waals surface area (Å²) in [5.41, 5.74) is 10.2. The van der Waals surface area contributed by atoms with Crippen molar-refractivity contribution in [1.82, 2.24) is 0 Å². The predicted molar refractivity (Wildman–Crippen MR) is 126 cm³/mol. The molecule has 2 aromatic carbocycles. The Labute approximate surface area is 180 Å². The van der Waals surface area contributed by atoms with E-state index in [0.717, 1.165) is 18.8 Å². The van der Waals surface area contributed by atoms with Crippen LogP contribution in [0.5, 0.6) is 0 Å². The second-order valence-electron chi connectivity index (χ2n) is 9.84. The number of aryl methyl sites for hydroxylation is 2. The van der Waals surface area contributed by atoms with Crippen molar-refractivity contribution >= 4 is 17.0 Å². The van der Waals surface area contributed by atoms with E-state index in [4.69, 9.17) is 0 Å². The average molecular weight is 395 g/mol. The molecule has 1 aromatic heterocycles. The molecule has 30 heavy (non-hydrogen) atoms. The first-order chi connectivity index (χ1) is 14.7. The van der Waals surface area contributed by atoms with Gasteiger partial charge in [-0.2, -0.15) is 4.57 Å². The van der Waals surface area contributed by atoms with Crippen molar-refractivity contribution in [3.05, 3.63) is 70.8 Å². The van der Waals surface area contributed by atoms with Gasteiger partial charge in [-0.25, -0.2) is 0 Å². The van der Waals surface area contributed by atoms with Gasteiger partial charge < -0.3 is 0 Å². The third kappa shape index (κ3) is 2.57. The SMILES string of the molecule is CCC12C=Cc3c(cc(C)cc3-c3ccc4c(C5CCCCC5)cccc4[n+]31)CC2. The minimum absolute atomic E-state index is 0.0572. The second kappa shape index (κ2) is 6.80. The highest BCUT2D eigenvalue weighted by atomic mass is 15.1. The van der Waals surface area contributed by atoms with Gasteiger partial charge in [0.15, 0.2) is 5.54 Å². The predicted octanol–water partition coefficient (Wildman–Crippen LogP) is 7.23. The highest BCUT2D eigenvalue weighted by Crippen LogP contribution is 2.42. The zero-order valence-corrected chi connectivity index (χ0v) is 18.4. The fourth-order valence-electron chi connectivity index (χ4n) is 6.57. The lowest BCUT2D eigenvalue weighted by atomic mass is 9.81. The maximum atomic E-state index is 2.72. The molecule has 0 amide bonds. The van der Waals surface area contributed by atoms with Gasteiger partial charge in [0.25, 0.3) is 0 Å². The molecule has 1 atom stereocenters. The van der Waals surface area contributed by atoms with Crippen LogP contribution in [0.3, 0.4) is 0 Å². The number of benzene rings is 2. The van der Waals surface area contributed by atoms with E-state index < -0.39 is 0 Å². The molecule has 6 rings (SSSR count). The summed E-state index contributed by atoms with van der Waals surface area (Å²) in [6.07, 6.45) is 15.3. The van der Waals surface area contributed by atoms with Crippen molar-refractivity contribution in [1.29, 1.82) is 0 Å². The Morgan fingerprint density at radius 2 is 1.90 bits per heavy atom. The summed E-state index contributed by atoms with van der Waals surface area (Å²) in [5.74, 6) is 0.729. The fourth-order valence-corrected chi connectivity index (χ4v) is 6.57. The average Bonchev–Trinajstić information content (AvgIpc) is 3.06. The Hall–Kier alpha value is -2.41. The largest absolute Gasteiger partial charge is 0.214 e. The number of hydrogen-bond acceptors (Lipinski definition) is 0. The van der Waals surface area contributed by atoms with Crippen LogP contribution in [0.15, 0.2) is 48.5 Å². The van der Waals surface area contributed by atoms with Crippen LogP contribution in [0.1, 0.15) is 80.0 Å². The molecule has 1 saturated carbocycles. The minimum atomic E-state index is 0.0572. The lowest BCUT2D eigenvalue weighted by molar-refractivity contribution is -0.720. The maximum absolute atomic E-state index is 2.72. The molecule has 0 saturated heterocycles. The first-order valence-corrected chi connectivity index (χ1v) is 12.0. The van der Waals surface area contributed by atoms with Gasteiger partial charge in [-0.15, -0.1) is 0 Å². The van der Waals surface area contributed by atoms with Crippen LogP contribution in [0, 0.1) is 6.92 Å². The molecule has 152 valence electrons. The van der Waals surface area contributed by atoms with E-state index in [2.05, 4.69) is 73.0 Å². The van der Waals surface area contributed by atoms with E-state index in [-0.39, 0.29) is 5.54 Å². The first-order valence-electron chi connectivity index (χ1n) is 12.0. The summed E-state index contributed by atoms with van der Waals surface area (Å²) in [5, 5.41) is 1.48. The standard InChI is InChI=1S/C29H32N/c1-3-29-16-14-22-18-20(2)19-26(24(22)15-17-29)28-13-12-25-23(21-8-5-4-6-9-21)10-7-11-27(25)30(28)29/h7,10-13,15,17-19,21H,3-6,8-9,14,16H2,1-2H3/q+1. The van der Waals surface area contributed by atoms with Crippen LogP contribution >= 0.6 is 0 Å². The van der Waals surface area contributed by atoms with Crippen molar-refractivity contribution in [2.45, 2.75) is 76.7 Å². The quantitative estimate of drug-likeness (QED) is 0.404. The Kier molecular flexibility index (Phi) is 4.17. The Morgan fingerprint density at radius 3 is 2.73 bits per heavy atom. The van der Waals surface area contributed by atoms with E-state index in [9.17, 15) is 0 Å². The summed E-state index contributed by atoms with van der Waals surface area (Å²) in [6, 6.07) is 16.8. The van der Waals surface area contributed by atoms with Gasteiger partial charge in [-0.3, -0.25) is 0 Å². The highest BCUT2D eigenvalue weighted by molar-refractivity contribution is 5.84. The van der Waals surface area contributed by atoms with E-state index in [0.29, 0.717) is 0 Å². The van der Waals surface area contributed by atoms with Crippen LogP contribution in [0.4, 0.5) is 0 Å². The van der Waals surface area contributed by atoms with E-state index >= 15 is 0 Å². The third-order valence-electron chi connectivity index (χ3n) is 8.18. The molecule has 1 aliphatic heterocycles. The summed E-state index contributed by atoms with van der Waals surface area (Å²) in [7, 11) is 0. The Bertz CT molecular complexity index is 1180. The Balaban J connectivity index is 1.69. The number of allylic oxidation sites excluding steroid dienone is 1. The van der Waals surface area contributed by atoms with Crippen molar-refractivity contribution in [2.24, 2.45) is 0 Å². The monoisotopic (exact) mass is 394 g/mol. The summed E-state index contributed by atoms with van der Waals surface area (Å²) in [4.78, 5) is 0. The van der Waals surface area contributed by atoms with Crippen LogP contribution in [-0.4, -0.2) is 0 Å². The summed E-state index contributed by atoms with van der Waals surface area (Å²) in [6.45, 7) is 4.62. The molecule has 1 nitrogen and oxygen atoms in total. The molecular weight excluding hydrogens is 362 g/mol. The van der Waals surface area contributed by atoms with E-state index in [1.807, 2.05) is 0 Å². The summed E-state index contributed by atoms with van der Waals surface area (Å²) < 4.78 is 2.72. The molecule has 2 bridgehead atoms. The molecule has 1 heteroatoms. The normalized spacial score (nSPS) is 22.7. The molecule has 2 aliphatic carbocycles. The van der Waals surface area contributed by atoms with Crippen LogP contribution in [-0.2, 0) is 12.0 Å². The topological polar surface area (TPSA) is 3.88 Å². The van der Waals surface area contributed by atoms with Gasteiger partial charge in [0.05, 0.1) is 5.56 Å². The van der Waals surface area contributed by atoms with Gasteiger partial charge in [-0.1, -0.05) is 50.5 Å². The lowest BCUT2D eigenvalue weighted by Crippen LogP contribution is -2.56. The van der Waals surface area contributed by atoms with E-state index in [1.165, 1.54) is 77.4 Å². The molecule has 2 heterocycles. The molecule has 0 radical (unpaired) electrons. The number of aromatic nitrogens is 1. The van der Waals surface area contributed by atoms with Crippen molar-refractivity contribution in [3.8, 4) is 11.3 Å². The third-order valence-corrected chi connectivity index (χ3v) is 8.18. The van der Waals surface area contributed by atoms with Gasteiger partial charge in [-0.05, 0) is 72.6 Å². The van der Waals surface area contributed by atoms with Gasteiger partial charge in [0.1, 0.15) is 0 Å². The molecule has 0 N–H and O–H groups in total. The zero-order chi connectivity index (χ0) is 20.3. The zero-order valence-electron chi connectivity index (χ0n) is 18.4. The molecule has 1 fully saturated rings. The lowest BCUT2D eigenvalue weighted by Gasteiger charge is -2.29. The molecular formula is C29H32N+. The van der Waals surface area contributed by atoms with Crippen LogP contribution in [0.2, 0.25) is 0 Å². The number of fused-ring (bicyclic) bond motifs is 6. The molecule has 0 spiro atoms. The van der Waals surface area contributed by atoms with Gasteiger partial charge in [0.2, 0.25) is 11.2 Å². The van der Waals surface area contributed by atoms with Gasteiger partial charge >= 0.3 is 0 Å². The number of rotatable bonds is 2. The van der Waals surface area contributed by atoms with Crippen molar-refractivity contribution in [3.63, 3.8) is 0 Å². The van der Waals surface area contributed by atoms with Crippen molar-refractivity contribution in [2.75, 3.05) is 0 Å². The second-order valence-corrected chi connectivity index (χ2v) is 9.84. The first kappa shape index (κ1) is 18.4. The highest BCUT2D eigenvalue weighted by Gasteiger charge is 2.43. The van der Waals surface area contributed by atoms with Crippen LogP contribution in [0.25, 0.3) is 28.2 Å².